The number of rotatable bonds is 5. The van der Waals surface area contributed by atoms with Crippen LogP contribution in [0.3, 0.4) is 0 Å². The van der Waals surface area contributed by atoms with Gasteiger partial charge in [-0.25, -0.2) is 4.79 Å². The summed E-state index contributed by atoms with van der Waals surface area (Å²) < 4.78 is 14.9. The minimum absolute atomic E-state index is 0.682. The van der Waals surface area contributed by atoms with Crippen molar-refractivity contribution in [2.24, 2.45) is 0 Å². The molecule has 2 rings (SSSR count). The molecule has 1 unspecified atom stereocenters. The van der Waals surface area contributed by atoms with Crippen molar-refractivity contribution in [2.45, 2.75) is 42.9 Å². The van der Waals surface area contributed by atoms with Gasteiger partial charge in [-0.15, -0.1) is 0 Å². The second kappa shape index (κ2) is 6.97. The molecule has 0 saturated carbocycles. The minimum Gasteiger partial charge on any atom is -0.505 e. The predicted octanol–water partition coefficient (Wildman–Crippen LogP) is -3.58. The van der Waals surface area contributed by atoms with Crippen molar-refractivity contribution in [1.29, 1.82) is 0 Å². The normalized spacial score (nSPS) is 39.4. The van der Waals surface area contributed by atoms with Gasteiger partial charge in [-0.05, 0) is 0 Å². The van der Waals surface area contributed by atoms with E-state index >= 15 is 0 Å². The summed E-state index contributed by atoms with van der Waals surface area (Å²) in [5, 5.41) is 66.3. The van der Waals surface area contributed by atoms with E-state index in [4.69, 9.17) is 14.6 Å². The molecule has 0 bridgehead atoms. The van der Waals surface area contributed by atoms with E-state index < -0.39 is 73.6 Å². The third-order valence-electron chi connectivity index (χ3n) is 3.61. The van der Waals surface area contributed by atoms with Crippen LogP contribution in [0.1, 0.15) is 0 Å². The van der Waals surface area contributed by atoms with Crippen LogP contribution in [0.15, 0.2) is 11.5 Å². The molecule has 0 aromatic carbocycles. The SMILES string of the molecule is O=C1O[C@H]([C@H](CO)OC2O[C@H](CO)[C@@H](O)[C@H](O)[C@H]2O)C(O)=C1O. The molecule has 7 atom stereocenters. The van der Waals surface area contributed by atoms with Crippen molar-refractivity contribution >= 4 is 5.97 Å². The summed E-state index contributed by atoms with van der Waals surface area (Å²) in [7, 11) is 0. The van der Waals surface area contributed by atoms with E-state index in [9.17, 15) is 35.4 Å². The van der Waals surface area contributed by atoms with Crippen molar-refractivity contribution < 1.29 is 54.8 Å². The number of carbonyl (C=O) groups is 1. The first-order chi connectivity index (χ1) is 10.8. The van der Waals surface area contributed by atoms with E-state index in [1.807, 2.05) is 0 Å². The largest absolute Gasteiger partial charge is 0.505 e. The molecular weight excluding hydrogens is 320 g/mol. The van der Waals surface area contributed by atoms with Gasteiger partial charge < -0.3 is 50.0 Å². The molecule has 1 fully saturated rings. The highest BCUT2D eigenvalue weighted by molar-refractivity contribution is 5.89. The molecule has 7 N–H and O–H groups in total. The molecule has 11 nitrogen and oxygen atoms in total. The van der Waals surface area contributed by atoms with Crippen LogP contribution >= 0.6 is 0 Å². The van der Waals surface area contributed by atoms with Gasteiger partial charge in [0.25, 0.3) is 0 Å². The second-order valence-electron chi connectivity index (χ2n) is 5.11. The van der Waals surface area contributed by atoms with E-state index in [0.717, 1.165) is 0 Å². The molecule has 0 spiro atoms. The lowest BCUT2D eigenvalue weighted by molar-refractivity contribution is -0.318. The highest BCUT2D eigenvalue weighted by Crippen LogP contribution is 2.27. The average Bonchev–Trinajstić information content (AvgIpc) is 2.79. The van der Waals surface area contributed by atoms with E-state index in [1.165, 1.54) is 0 Å². The van der Waals surface area contributed by atoms with E-state index in [1.54, 1.807) is 0 Å². The Bertz CT molecular complexity index is 476. The standard InChI is InChI=1S/C12H18O11/c13-1-3-5(15)6(16)9(19)12(21-3)22-4(2-14)10-7(17)8(18)11(20)23-10/h3-6,9-10,12-19H,1-2H2/t3-,4+,5-,6+,9-,10-,12?/m1/s1. The number of esters is 1. The van der Waals surface area contributed by atoms with E-state index in [-0.39, 0.29) is 0 Å². The van der Waals surface area contributed by atoms with Crippen LogP contribution in [0.2, 0.25) is 0 Å². The zero-order valence-corrected chi connectivity index (χ0v) is 11.7. The van der Waals surface area contributed by atoms with E-state index in [2.05, 4.69) is 4.74 Å². The maximum absolute atomic E-state index is 11.2. The fourth-order valence-electron chi connectivity index (χ4n) is 2.28. The van der Waals surface area contributed by atoms with Gasteiger partial charge in [0, 0.05) is 0 Å². The minimum atomic E-state index is -1.74. The summed E-state index contributed by atoms with van der Waals surface area (Å²) in [4.78, 5) is 11.2. The Morgan fingerprint density at radius 1 is 1.09 bits per heavy atom. The molecule has 0 amide bonds. The Morgan fingerprint density at radius 3 is 2.22 bits per heavy atom. The molecule has 2 heterocycles. The summed E-state index contributed by atoms with van der Waals surface area (Å²) in [5.41, 5.74) is 0. The Kier molecular flexibility index (Phi) is 5.41. The molecule has 2 aliphatic rings. The van der Waals surface area contributed by atoms with Crippen LogP contribution < -0.4 is 0 Å². The topological polar surface area (TPSA) is 186 Å². The number of cyclic esters (lactones) is 1. The quantitative estimate of drug-likeness (QED) is 0.246. The van der Waals surface area contributed by atoms with Gasteiger partial charge in [0.1, 0.15) is 30.5 Å². The van der Waals surface area contributed by atoms with Gasteiger partial charge >= 0.3 is 5.97 Å². The van der Waals surface area contributed by atoms with Gasteiger partial charge in [0.15, 0.2) is 18.2 Å². The summed E-state index contributed by atoms with van der Waals surface area (Å²) >= 11 is 0. The van der Waals surface area contributed by atoms with Crippen LogP contribution in [0.4, 0.5) is 0 Å². The lowest BCUT2D eigenvalue weighted by atomic mass is 9.99. The molecule has 2 aliphatic heterocycles. The van der Waals surface area contributed by atoms with Gasteiger partial charge in [0.2, 0.25) is 5.76 Å². The third kappa shape index (κ3) is 3.26. The number of carbonyl (C=O) groups excluding carboxylic acids is 1. The molecule has 132 valence electrons. The van der Waals surface area contributed by atoms with E-state index in [0.29, 0.717) is 0 Å². The Labute approximate surface area is 129 Å². The summed E-state index contributed by atoms with van der Waals surface area (Å²) in [5.74, 6) is -3.12. The third-order valence-corrected chi connectivity index (χ3v) is 3.61. The smallest absolute Gasteiger partial charge is 0.377 e. The highest BCUT2D eigenvalue weighted by Gasteiger charge is 2.47. The lowest BCUT2D eigenvalue weighted by Crippen LogP contribution is -2.60. The second-order valence-corrected chi connectivity index (χ2v) is 5.11. The molecule has 0 radical (unpaired) electrons. The van der Waals surface area contributed by atoms with Crippen LogP contribution in [0.25, 0.3) is 0 Å². The van der Waals surface area contributed by atoms with Crippen LogP contribution in [0.5, 0.6) is 0 Å². The fourth-order valence-corrected chi connectivity index (χ4v) is 2.28. The monoisotopic (exact) mass is 338 g/mol. The first-order valence-corrected chi connectivity index (χ1v) is 6.71. The van der Waals surface area contributed by atoms with Crippen molar-refractivity contribution in [3.05, 3.63) is 11.5 Å². The average molecular weight is 338 g/mol. The number of ether oxygens (including phenoxy) is 3. The lowest BCUT2D eigenvalue weighted by Gasteiger charge is -2.41. The van der Waals surface area contributed by atoms with Crippen molar-refractivity contribution in [2.75, 3.05) is 13.2 Å². The summed E-state index contributed by atoms with van der Waals surface area (Å²) in [6.45, 7) is -1.48. The van der Waals surface area contributed by atoms with Gasteiger partial charge in [-0.1, -0.05) is 0 Å². The number of aliphatic hydroxyl groups is 7. The van der Waals surface area contributed by atoms with Crippen molar-refractivity contribution in [1.82, 2.24) is 0 Å². The first-order valence-electron chi connectivity index (χ1n) is 6.71. The van der Waals surface area contributed by atoms with Crippen LogP contribution in [-0.4, -0.2) is 97.8 Å². The molecule has 23 heavy (non-hydrogen) atoms. The highest BCUT2D eigenvalue weighted by atomic mass is 16.7. The molecule has 0 aromatic heterocycles. The predicted molar refractivity (Wildman–Crippen MR) is 67.9 cm³/mol. The Balaban J connectivity index is 2.11. The van der Waals surface area contributed by atoms with Gasteiger partial charge in [-0.3, -0.25) is 0 Å². The number of hydrogen-bond donors (Lipinski definition) is 7. The number of aliphatic hydroxyl groups excluding tert-OH is 7. The van der Waals surface area contributed by atoms with Crippen LogP contribution in [0, 0.1) is 0 Å². The Morgan fingerprint density at radius 2 is 1.74 bits per heavy atom. The first kappa shape index (κ1) is 17.9. The summed E-state index contributed by atoms with van der Waals surface area (Å²) in [6.07, 6.45) is -10.8. The molecular formula is C12H18O11. The van der Waals surface area contributed by atoms with Crippen LogP contribution in [-0.2, 0) is 19.0 Å². The molecule has 0 aliphatic carbocycles. The van der Waals surface area contributed by atoms with Gasteiger partial charge in [-0.2, -0.15) is 0 Å². The molecule has 11 heteroatoms. The van der Waals surface area contributed by atoms with Gasteiger partial charge in [0.05, 0.1) is 13.2 Å². The fraction of sp³-hybridized carbons (Fsp3) is 0.750. The number of hydrogen-bond acceptors (Lipinski definition) is 11. The Hall–Kier alpha value is -1.47. The molecule has 0 aromatic rings. The van der Waals surface area contributed by atoms with Crippen molar-refractivity contribution in [3.63, 3.8) is 0 Å². The summed E-state index contributed by atoms with van der Waals surface area (Å²) in [6, 6.07) is 0. The maximum Gasteiger partial charge on any atom is 0.377 e. The van der Waals surface area contributed by atoms with Crippen molar-refractivity contribution in [3.8, 4) is 0 Å². The zero-order valence-electron chi connectivity index (χ0n) is 11.7. The maximum atomic E-state index is 11.2. The zero-order chi connectivity index (χ0) is 17.3. The molecule has 1 saturated heterocycles.